The van der Waals surface area contributed by atoms with Crippen molar-refractivity contribution in [3.8, 4) is 5.75 Å². The number of hydrogen-bond acceptors (Lipinski definition) is 2. The molecule has 1 aromatic heterocycles. The van der Waals surface area contributed by atoms with E-state index in [1.807, 2.05) is 11.5 Å². The second-order valence-corrected chi connectivity index (χ2v) is 4.73. The number of ether oxygens (including phenoxy) is 1. The summed E-state index contributed by atoms with van der Waals surface area (Å²) in [6, 6.07) is 1.68. The zero-order valence-corrected chi connectivity index (χ0v) is 10.3. The Hall–Kier alpha value is -1.10. The van der Waals surface area contributed by atoms with Crippen molar-refractivity contribution >= 4 is 27.0 Å². The Labute approximate surface area is 100 Å². The predicted molar refractivity (Wildman–Crippen MR) is 62.2 cm³/mol. The first-order valence-electron chi connectivity index (χ1n) is 5.16. The van der Waals surface area contributed by atoms with E-state index in [1.54, 1.807) is 6.07 Å². The van der Waals surface area contributed by atoms with E-state index < -0.39 is 0 Å². The largest absolute Gasteiger partial charge is 0.491 e. The van der Waals surface area contributed by atoms with Crippen molar-refractivity contribution in [3.05, 3.63) is 22.2 Å². The Bertz CT molecular complexity index is 579. The highest BCUT2D eigenvalue weighted by molar-refractivity contribution is 9.10. The summed E-state index contributed by atoms with van der Waals surface area (Å²) in [5, 5.41) is 0. The van der Waals surface area contributed by atoms with E-state index in [0.29, 0.717) is 22.3 Å². The van der Waals surface area contributed by atoms with Crippen LogP contribution in [-0.2, 0) is 6.54 Å². The Morgan fingerprint density at radius 2 is 2.38 bits per heavy atom. The quantitative estimate of drug-likeness (QED) is 0.744. The van der Waals surface area contributed by atoms with Gasteiger partial charge in [0.25, 0.3) is 0 Å². The fourth-order valence-electron chi connectivity index (χ4n) is 2.12. The molecule has 2 heterocycles. The van der Waals surface area contributed by atoms with Crippen molar-refractivity contribution in [3.63, 3.8) is 0 Å². The maximum absolute atomic E-state index is 13.9. The van der Waals surface area contributed by atoms with Gasteiger partial charge in [0.15, 0.2) is 5.82 Å². The van der Waals surface area contributed by atoms with Crippen molar-refractivity contribution in [1.29, 1.82) is 0 Å². The van der Waals surface area contributed by atoms with Crippen LogP contribution < -0.4 is 4.74 Å². The number of halogens is 2. The lowest BCUT2D eigenvalue weighted by Crippen LogP contribution is -2.00. The van der Waals surface area contributed by atoms with Crippen LogP contribution in [0, 0.1) is 12.7 Å². The maximum Gasteiger partial charge on any atom is 0.165 e. The fraction of sp³-hybridized carbons (Fsp3) is 0.364. The highest BCUT2D eigenvalue weighted by atomic mass is 79.9. The molecule has 3 nitrogen and oxygen atoms in total. The van der Waals surface area contributed by atoms with Crippen LogP contribution in [0.1, 0.15) is 12.2 Å². The van der Waals surface area contributed by atoms with Gasteiger partial charge >= 0.3 is 0 Å². The maximum atomic E-state index is 13.9. The van der Waals surface area contributed by atoms with Gasteiger partial charge in [0.1, 0.15) is 22.6 Å². The van der Waals surface area contributed by atoms with E-state index in [0.717, 1.165) is 24.3 Å². The van der Waals surface area contributed by atoms with E-state index in [-0.39, 0.29) is 5.82 Å². The van der Waals surface area contributed by atoms with Gasteiger partial charge in [-0.3, -0.25) is 0 Å². The number of nitrogens with zero attached hydrogens (tertiary/aromatic N) is 2. The summed E-state index contributed by atoms with van der Waals surface area (Å²) in [5.41, 5.74) is 1.17. The minimum Gasteiger partial charge on any atom is -0.491 e. The highest BCUT2D eigenvalue weighted by Crippen LogP contribution is 2.35. The Morgan fingerprint density at radius 3 is 3.19 bits per heavy atom. The predicted octanol–water partition coefficient (Wildman–Crippen LogP) is 3.03. The van der Waals surface area contributed by atoms with Gasteiger partial charge in [0, 0.05) is 6.54 Å². The van der Waals surface area contributed by atoms with Crippen molar-refractivity contribution < 1.29 is 9.13 Å². The third-order valence-electron chi connectivity index (χ3n) is 2.85. The van der Waals surface area contributed by atoms with Gasteiger partial charge in [-0.1, -0.05) is 0 Å². The van der Waals surface area contributed by atoms with Crippen molar-refractivity contribution in [1.82, 2.24) is 9.55 Å². The van der Waals surface area contributed by atoms with Gasteiger partial charge in [0.05, 0.1) is 11.1 Å². The van der Waals surface area contributed by atoms with Crippen LogP contribution in [0.3, 0.4) is 0 Å². The van der Waals surface area contributed by atoms with E-state index in [4.69, 9.17) is 4.74 Å². The van der Waals surface area contributed by atoms with Gasteiger partial charge in [0.2, 0.25) is 0 Å². The van der Waals surface area contributed by atoms with Crippen LogP contribution in [0.4, 0.5) is 4.39 Å². The van der Waals surface area contributed by atoms with Gasteiger partial charge in [-0.2, -0.15) is 0 Å². The molecule has 84 valence electrons. The summed E-state index contributed by atoms with van der Waals surface area (Å²) in [5.74, 6) is 1.23. The normalized spacial score (nSPS) is 14.9. The van der Waals surface area contributed by atoms with Gasteiger partial charge in [-0.05, 0) is 35.3 Å². The molecule has 0 spiro atoms. The number of hydrogen-bond donors (Lipinski definition) is 0. The minimum atomic E-state index is -0.314. The molecule has 1 aromatic carbocycles. The molecule has 3 rings (SSSR count). The lowest BCUT2D eigenvalue weighted by Gasteiger charge is -2.05. The average molecular weight is 285 g/mol. The number of aromatic nitrogens is 2. The highest BCUT2D eigenvalue weighted by Gasteiger charge is 2.20. The Kier molecular flexibility index (Phi) is 2.17. The molecule has 0 atom stereocenters. The Morgan fingerprint density at radius 1 is 1.56 bits per heavy atom. The molecular formula is C11H10BrFN2O. The number of aryl methyl sites for hydroxylation is 2. The van der Waals surface area contributed by atoms with Gasteiger partial charge < -0.3 is 9.30 Å². The molecule has 0 fully saturated rings. The van der Waals surface area contributed by atoms with Crippen LogP contribution in [0.15, 0.2) is 10.5 Å². The molecule has 0 unspecified atom stereocenters. The summed E-state index contributed by atoms with van der Waals surface area (Å²) in [6.45, 7) is 3.38. The zero-order chi connectivity index (χ0) is 11.3. The monoisotopic (exact) mass is 284 g/mol. The molecule has 2 aromatic rings. The molecule has 0 aliphatic carbocycles. The topological polar surface area (TPSA) is 27.1 Å². The molecule has 0 radical (unpaired) electrons. The van der Waals surface area contributed by atoms with Crippen LogP contribution in [0.5, 0.6) is 5.75 Å². The van der Waals surface area contributed by atoms with Crippen LogP contribution in [0.25, 0.3) is 11.0 Å². The summed E-state index contributed by atoms with van der Waals surface area (Å²) in [7, 11) is 0. The van der Waals surface area contributed by atoms with E-state index in [1.165, 1.54) is 0 Å². The summed E-state index contributed by atoms with van der Waals surface area (Å²) in [6.07, 6.45) is 0.917. The zero-order valence-electron chi connectivity index (χ0n) is 8.76. The summed E-state index contributed by atoms with van der Waals surface area (Å²) in [4.78, 5) is 4.26. The van der Waals surface area contributed by atoms with Crippen molar-refractivity contribution in [2.45, 2.75) is 19.9 Å². The first kappa shape index (κ1) is 10.1. The second kappa shape index (κ2) is 3.45. The molecule has 1 aliphatic rings. The van der Waals surface area contributed by atoms with Crippen LogP contribution in [0.2, 0.25) is 0 Å². The molecule has 1 aliphatic heterocycles. The summed E-state index contributed by atoms with van der Waals surface area (Å²) < 4.78 is 21.9. The average Bonchev–Trinajstić information content (AvgIpc) is 2.46. The minimum absolute atomic E-state index is 0.314. The standard InChI is InChI=1S/C11H10BrFN2O/c1-6-14-10-9(13)7(12)5-8-11(10)15(6)3-2-4-16-8/h5H,2-4H2,1H3. The number of benzene rings is 1. The lowest BCUT2D eigenvalue weighted by atomic mass is 10.3. The van der Waals surface area contributed by atoms with Crippen LogP contribution in [-0.4, -0.2) is 16.2 Å². The van der Waals surface area contributed by atoms with Gasteiger partial charge in [-0.15, -0.1) is 0 Å². The fourth-order valence-corrected chi connectivity index (χ4v) is 2.51. The number of rotatable bonds is 0. The molecule has 5 heteroatoms. The molecular weight excluding hydrogens is 275 g/mol. The van der Waals surface area contributed by atoms with E-state index in [2.05, 4.69) is 20.9 Å². The Balaban J connectivity index is 2.47. The van der Waals surface area contributed by atoms with Crippen molar-refractivity contribution in [2.75, 3.05) is 6.61 Å². The van der Waals surface area contributed by atoms with E-state index in [9.17, 15) is 4.39 Å². The third-order valence-corrected chi connectivity index (χ3v) is 3.43. The first-order chi connectivity index (χ1) is 7.68. The second-order valence-electron chi connectivity index (χ2n) is 3.88. The first-order valence-corrected chi connectivity index (χ1v) is 5.95. The van der Waals surface area contributed by atoms with Gasteiger partial charge in [-0.25, -0.2) is 9.37 Å². The number of imidazole rings is 1. The molecule has 0 amide bonds. The SMILES string of the molecule is Cc1nc2c(F)c(Br)cc3c2n1CCCO3. The van der Waals surface area contributed by atoms with Crippen LogP contribution >= 0.6 is 15.9 Å². The summed E-state index contributed by atoms with van der Waals surface area (Å²) >= 11 is 3.19. The molecule has 0 saturated heterocycles. The molecule has 0 bridgehead atoms. The molecule has 0 saturated carbocycles. The van der Waals surface area contributed by atoms with Crippen molar-refractivity contribution in [2.24, 2.45) is 0 Å². The third kappa shape index (κ3) is 1.27. The molecule has 16 heavy (non-hydrogen) atoms. The lowest BCUT2D eigenvalue weighted by molar-refractivity contribution is 0.315. The smallest absolute Gasteiger partial charge is 0.165 e. The van der Waals surface area contributed by atoms with E-state index >= 15 is 0 Å². The molecule has 0 N–H and O–H groups in total.